The summed E-state index contributed by atoms with van der Waals surface area (Å²) in [7, 11) is 0. The Morgan fingerprint density at radius 2 is 1.09 bits per heavy atom. The zero-order chi connectivity index (χ0) is 38.9. The second kappa shape index (κ2) is 40.4. The average molecular weight is 743 g/mol. The van der Waals surface area contributed by atoms with Gasteiger partial charge in [0.15, 0.2) is 6.10 Å². The highest BCUT2D eigenvalue weighted by molar-refractivity contribution is 5.70. The van der Waals surface area contributed by atoms with Crippen LogP contribution < -0.4 is 0 Å². The predicted molar refractivity (Wildman–Crippen MR) is 222 cm³/mol. The fraction of sp³-hybridized carbons (Fsp3) is 0.696. The van der Waals surface area contributed by atoms with Crippen LogP contribution in [0.2, 0.25) is 0 Å². The van der Waals surface area contributed by atoms with Crippen LogP contribution in [0.15, 0.2) is 72.9 Å². The van der Waals surface area contributed by atoms with Crippen LogP contribution >= 0.6 is 0 Å². The minimum atomic E-state index is -0.845. The van der Waals surface area contributed by atoms with Gasteiger partial charge in [-0.1, -0.05) is 196 Å². The van der Waals surface area contributed by atoms with Crippen LogP contribution in [-0.4, -0.2) is 58.8 Å². The van der Waals surface area contributed by atoms with Crippen molar-refractivity contribution in [1.29, 1.82) is 0 Å². The first-order valence-corrected chi connectivity index (χ1v) is 21.2. The zero-order valence-corrected chi connectivity index (χ0v) is 33.7. The molecule has 0 aliphatic heterocycles. The van der Waals surface area contributed by atoms with Crippen molar-refractivity contribution in [1.82, 2.24) is 0 Å². The number of rotatable bonds is 37. The summed E-state index contributed by atoms with van der Waals surface area (Å²) in [5.74, 6) is -0.774. The molecule has 0 fully saturated rings. The van der Waals surface area contributed by atoms with Crippen molar-refractivity contribution >= 4 is 11.9 Å². The molecule has 0 unspecified atom stereocenters. The Kier molecular flexibility index (Phi) is 38.4. The molecule has 0 rings (SSSR count). The number of carbonyl (C=O) groups is 2. The zero-order valence-electron chi connectivity index (χ0n) is 33.7. The van der Waals surface area contributed by atoms with Gasteiger partial charge in [0, 0.05) is 12.8 Å². The molecule has 0 aromatic rings. The van der Waals surface area contributed by atoms with Crippen molar-refractivity contribution in [3.63, 3.8) is 0 Å². The molecular formula is C46H78O7. The number of aliphatic hydroxyl groups is 3. The average Bonchev–Trinajstić information content (AvgIpc) is 3.15. The number of esters is 2. The highest BCUT2D eigenvalue weighted by atomic mass is 16.6. The molecule has 0 radical (unpaired) electrons. The van der Waals surface area contributed by atoms with E-state index >= 15 is 0 Å². The van der Waals surface area contributed by atoms with Crippen LogP contribution in [0.4, 0.5) is 0 Å². The van der Waals surface area contributed by atoms with Gasteiger partial charge in [-0.3, -0.25) is 9.59 Å². The lowest BCUT2D eigenvalue weighted by Crippen LogP contribution is -2.28. The highest BCUT2D eigenvalue weighted by Crippen LogP contribution is 2.15. The molecule has 0 bridgehead atoms. The van der Waals surface area contributed by atoms with Crippen molar-refractivity contribution < 1.29 is 34.4 Å². The molecule has 0 saturated heterocycles. The summed E-state index contributed by atoms with van der Waals surface area (Å²) in [5, 5.41) is 29.4. The summed E-state index contributed by atoms with van der Waals surface area (Å²) in [6, 6.07) is 0. The molecule has 3 N–H and O–H groups in total. The molecule has 304 valence electrons. The van der Waals surface area contributed by atoms with E-state index in [1.807, 2.05) is 48.6 Å². The number of ether oxygens (including phenoxy) is 2. The van der Waals surface area contributed by atoms with E-state index in [4.69, 9.17) is 9.47 Å². The molecule has 7 heteroatoms. The van der Waals surface area contributed by atoms with Crippen molar-refractivity contribution in [3.05, 3.63) is 72.9 Å². The third-order valence-corrected chi connectivity index (χ3v) is 8.94. The van der Waals surface area contributed by atoms with E-state index in [1.54, 1.807) is 24.3 Å². The first-order valence-electron chi connectivity index (χ1n) is 21.2. The van der Waals surface area contributed by atoms with Crippen molar-refractivity contribution in [2.24, 2.45) is 0 Å². The maximum absolute atomic E-state index is 12.2. The molecule has 7 nitrogen and oxygen atoms in total. The molecule has 0 spiro atoms. The molecule has 3 atom stereocenters. The second-order valence-electron chi connectivity index (χ2n) is 14.1. The van der Waals surface area contributed by atoms with Crippen LogP contribution in [0.1, 0.15) is 174 Å². The Hall–Kier alpha value is -2.74. The number of hydrogen-bond acceptors (Lipinski definition) is 7. The lowest BCUT2D eigenvalue weighted by Gasteiger charge is -2.15. The Morgan fingerprint density at radius 1 is 0.566 bits per heavy atom. The summed E-state index contributed by atoms with van der Waals surface area (Å²) in [6.07, 6.45) is 47.6. The van der Waals surface area contributed by atoms with Crippen LogP contribution in [0.3, 0.4) is 0 Å². The number of aliphatic hydroxyl groups excluding tert-OH is 3. The van der Waals surface area contributed by atoms with Gasteiger partial charge in [-0.15, -0.1) is 0 Å². The van der Waals surface area contributed by atoms with Crippen LogP contribution in [0, 0.1) is 0 Å². The molecule has 0 aromatic carbocycles. The summed E-state index contributed by atoms with van der Waals surface area (Å²) in [4.78, 5) is 24.3. The number of unbranched alkanes of at least 4 members (excludes halogenated alkanes) is 18. The standard InChI is InChI=1S/C46H78O7/c1-3-5-7-8-9-10-11-12-13-14-15-16-17-18-19-23-26-32-39-46(51)53-44(40-47)41-52-45(50)38-33-27-31-37-43(49)36-30-25-22-20-21-24-29-35-42(48)34-28-6-4-2/h6,21-22,24-25,28-31,35-37,42-44,47-49H,3-5,7-20,23,26-27,32-34,38-41H2,1-2H3/b24-21-,25-22-,28-6-,35-29+,36-30+,37-31-/t42-,43-,44+/m1/s1. The number of hydrogen-bond donors (Lipinski definition) is 3. The van der Waals surface area contributed by atoms with Gasteiger partial charge in [0.1, 0.15) is 6.61 Å². The van der Waals surface area contributed by atoms with E-state index in [1.165, 1.54) is 96.3 Å². The topological polar surface area (TPSA) is 113 Å². The van der Waals surface area contributed by atoms with Crippen molar-refractivity contribution in [2.45, 2.75) is 193 Å². The third-order valence-electron chi connectivity index (χ3n) is 8.94. The van der Waals surface area contributed by atoms with Gasteiger partial charge < -0.3 is 24.8 Å². The highest BCUT2D eigenvalue weighted by Gasteiger charge is 2.16. The second-order valence-corrected chi connectivity index (χ2v) is 14.1. The number of carbonyl (C=O) groups excluding carboxylic acids is 2. The monoisotopic (exact) mass is 743 g/mol. The van der Waals surface area contributed by atoms with E-state index in [0.717, 1.165) is 32.1 Å². The lowest BCUT2D eigenvalue weighted by atomic mass is 10.0. The Morgan fingerprint density at radius 3 is 1.64 bits per heavy atom. The first-order chi connectivity index (χ1) is 25.9. The molecule has 0 amide bonds. The summed E-state index contributed by atoms with van der Waals surface area (Å²) < 4.78 is 10.5. The van der Waals surface area contributed by atoms with E-state index in [2.05, 4.69) is 13.8 Å². The fourth-order valence-corrected chi connectivity index (χ4v) is 5.71. The largest absolute Gasteiger partial charge is 0.462 e. The quantitative estimate of drug-likeness (QED) is 0.0251. The Labute approximate surface area is 324 Å². The van der Waals surface area contributed by atoms with Crippen molar-refractivity contribution in [3.8, 4) is 0 Å². The molecule has 0 aliphatic carbocycles. The summed E-state index contributed by atoms with van der Waals surface area (Å²) >= 11 is 0. The lowest BCUT2D eigenvalue weighted by molar-refractivity contribution is -0.161. The molecule has 0 saturated carbocycles. The van der Waals surface area contributed by atoms with Gasteiger partial charge in [0.25, 0.3) is 0 Å². The Bertz CT molecular complexity index is 1010. The van der Waals surface area contributed by atoms with E-state index in [-0.39, 0.29) is 19.0 Å². The van der Waals surface area contributed by atoms with E-state index in [0.29, 0.717) is 25.7 Å². The molecule has 0 aromatic heterocycles. The SMILES string of the molecule is CC/C=C\C[C@@H](O)/C=C/C=C\C/C=C\C=C\[C@@H](O)/C=C\CCCC(=O)OC[C@H](CO)OC(=O)CCCCCCCCCCCCCCCCCCCC. The molecule has 0 aliphatic rings. The maximum Gasteiger partial charge on any atom is 0.306 e. The van der Waals surface area contributed by atoms with Crippen LogP contribution in [0.5, 0.6) is 0 Å². The third kappa shape index (κ3) is 38.8. The smallest absolute Gasteiger partial charge is 0.306 e. The van der Waals surface area contributed by atoms with E-state index < -0.39 is 30.9 Å². The molecule has 0 heterocycles. The van der Waals surface area contributed by atoms with Gasteiger partial charge in [-0.2, -0.15) is 0 Å². The first kappa shape index (κ1) is 50.3. The molecular weight excluding hydrogens is 664 g/mol. The van der Waals surface area contributed by atoms with Crippen LogP contribution in [-0.2, 0) is 19.1 Å². The predicted octanol–water partition coefficient (Wildman–Crippen LogP) is 11.3. The van der Waals surface area contributed by atoms with Crippen molar-refractivity contribution in [2.75, 3.05) is 13.2 Å². The van der Waals surface area contributed by atoms with Gasteiger partial charge in [0.05, 0.1) is 18.8 Å². The van der Waals surface area contributed by atoms with Gasteiger partial charge >= 0.3 is 11.9 Å². The normalized spacial score (nSPS) is 14.1. The van der Waals surface area contributed by atoms with Gasteiger partial charge in [-0.25, -0.2) is 0 Å². The number of allylic oxidation sites excluding steroid dienone is 8. The minimum absolute atomic E-state index is 0.153. The summed E-state index contributed by atoms with van der Waals surface area (Å²) in [6.45, 7) is 3.79. The Balaban J connectivity index is 3.79. The summed E-state index contributed by atoms with van der Waals surface area (Å²) in [5.41, 5.74) is 0. The minimum Gasteiger partial charge on any atom is -0.462 e. The van der Waals surface area contributed by atoms with Gasteiger partial charge in [0.2, 0.25) is 0 Å². The van der Waals surface area contributed by atoms with E-state index in [9.17, 15) is 24.9 Å². The van der Waals surface area contributed by atoms with Crippen LogP contribution in [0.25, 0.3) is 0 Å². The fourth-order valence-electron chi connectivity index (χ4n) is 5.71. The van der Waals surface area contributed by atoms with Gasteiger partial charge in [-0.05, 0) is 38.5 Å². The molecule has 53 heavy (non-hydrogen) atoms. The maximum atomic E-state index is 12.2.